The summed E-state index contributed by atoms with van der Waals surface area (Å²) in [6.45, 7) is 3.19. The second-order valence-electron chi connectivity index (χ2n) is 4.74. The van der Waals surface area contributed by atoms with Gasteiger partial charge in [0.1, 0.15) is 10.1 Å². The summed E-state index contributed by atoms with van der Waals surface area (Å²) in [5.74, 6) is -1.44. The fourth-order valence-electron chi connectivity index (χ4n) is 1.96. The number of ether oxygens (including phenoxy) is 1. The number of non-ortho nitro benzene ring substituents is 1. The number of aliphatic carboxylic acids is 1. The molecule has 0 bridgehead atoms. The number of rotatable bonds is 7. The SMILES string of the molecule is C=CCN1C(=O)C(=Cc2cc([N+](=O)[O-])ccc2OCC(=O)O)SC1=S. The van der Waals surface area contributed by atoms with E-state index in [0.717, 1.165) is 11.8 Å². The van der Waals surface area contributed by atoms with Gasteiger partial charge in [-0.05, 0) is 12.1 Å². The highest BCUT2D eigenvalue weighted by Gasteiger charge is 2.31. The van der Waals surface area contributed by atoms with Crippen molar-refractivity contribution in [2.24, 2.45) is 0 Å². The molecule has 0 spiro atoms. The molecule has 25 heavy (non-hydrogen) atoms. The molecule has 1 heterocycles. The van der Waals surface area contributed by atoms with Gasteiger partial charge in [0.2, 0.25) is 0 Å². The highest BCUT2D eigenvalue weighted by Crippen LogP contribution is 2.35. The van der Waals surface area contributed by atoms with Crippen LogP contribution in [0.5, 0.6) is 5.75 Å². The number of hydrogen-bond acceptors (Lipinski definition) is 7. The highest BCUT2D eigenvalue weighted by atomic mass is 32.2. The summed E-state index contributed by atoms with van der Waals surface area (Å²) in [5.41, 5.74) is 0.00467. The lowest BCUT2D eigenvalue weighted by atomic mass is 10.1. The van der Waals surface area contributed by atoms with Crippen LogP contribution in [0.4, 0.5) is 5.69 Å². The average molecular weight is 380 g/mol. The van der Waals surface area contributed by atoms with Crippen LogP contribution in [0.15, 0.2) is 35.8 Å². The second kappa shape index (κ2) is 7.90. The lowest BCUT2D eigenvalue weighted by Gasteiger charge is -2.10. The summed E-state index contributed by atoms with van der Waals surface area (Å²) in [6.07, 6.45) is 2.93. The van der Waals surface area contributed by atoms with Gasteiger partial charge in [0.25, 0.3) is 11.6 Å². The molecule has 0 atom stereocenters. The molecule has 1 amide bonds. The van der Waals surface area contributed by atoms with Crippen LogP contribution in [0.2, 0.25) is 0 Å². The van der Waals surface area contributed by atoms with Gasteiger partial charge in [-0.3, -0.25) is 19.8 Å². The van der Waals surface area contributed by atoms with E-state index < -0.39 is 17.5 Å². The summed E-state index contributed by atoms with van der Waals surface area (Å²) in [4.78, 5) is 35.0. The van der Waals surface area contributed by atoms with Gasteiger partial charge in [-0.2, -0.15) is 0 Å². The van der Waals surface area contributed by atoms with Crippen molar-refractivity contribution in [1.82, 2.24) is 4.90 Å². The molecule has 130 valence electrons. The number of thiocarbonyl (C=S) groups is 1. The number of amides is 1. The van der Waals surface area contributed by atoms with Crippen molar-refractivity contribution in [1.29, 1.82) is 0 Å². The molecular weight excluding hydrogens is 368 g/mol. The molecule has 2 rings (SSSR count). The van der Waals surface area contributed by atoms with Gasteiger partial charge in [-0.25, -0.2) is 4.79 Å². The molecule has 0 unspecified atom stereocenters. The van der Waals surface area contributed by atoms with Crippen LogP contribution in [-0.4, -0.2) is 44.3 Å². The predicted octanol–water partition coefficient (Wildman–Crippen LogP) is 2.45. The summed E-state index contributed by atoms with van der Waals surface area (Å²) in [6, 6.07) is 3.69. The summed E-state index contributed by atoms with van der Waals surface area (Å²) < 4.78 is 5.47. The smallest absolute Gasteiger partial charge is 0.341 e. The van der Waals surface area contributed by atoms with Gasteiger partial charge in [0.05, 0.1) is 9.83 Å². The zero-order chi connectivity index (χ0) is 18.6. The Hall–Kier alpha value is -2.72. The van der Waals surface area contributed by atoms with Crippen molar-refractivity contribution < 1.29 is 24.4 Å². The number of nitrogens with zero attached hydrogens (tertiary/aromatic N) is 2. The van der Waals surface area contributed by atoms with Crippen molar-refractivity contribution in [2.45, 2.75) is 0 Å². The summed E-state index contributed by atoms with van der Waals surface area (Å²) >= 11 is 6.17. The molecule has 1 fully saturated rings. The normalized spacial score (nSPS) is 15.5. The molecule has 1 aromatic carbocycles. The molecule has 1 saturated heterocycles. The van der Waals surface area contributed by atoms with E-state index >= 15 is 0 Å². The van der Waals surface area contributed by atoms with E-state index in [1.807, 2.05) is 0 Å². The van der Waals surface area contributed by atoms with Crippen LogP contribution in [0.25, 0.3) is 6.08 Å². The van der Waals surface area contributed by atoms with E-state index in [1.165, 1.54) is 35.3 Å². The zero-order valence-electron chi connectivity index (χ0n) is 12.7. The molecule has 1 aliphatic rings. The number of carboxylic acid groups (broad SMARTS) is 1. The number of hydrogen-bond donors (Lipinski definition) is 1. The Morgan fingerprint density at radius 2 is 2.24 bits per heavy atom. The number of carbonyl (C=O) groups is 2. The van der Waals surface area contributed by atoms with Crippen LogP contribution in [0.3, 0.4) is 0 Å². The number of carbonyl (C=O) groups excluding carboxylic acids is 1. The van der Waals surface area contributed by atoms with Gasteiger partial charge < -0.3 is 9.84 Å². The van der Waals surface area contributed by atoms with Crippen molar-refractivity contribution in [3.63, 3.8) is 0 Å². The Balaban J connectivity index is 2.41. The van der Waals surface area contributed by atoms with Crippen LogP contribution < -0.4 is 4.74 Å². The zero-order valence-corrected chi connectivity index (χ0v) is 14.3. The summed E-state index contributed by atoms with van der Waals surface area (Å²) in [5, 5.41) is 19.7. The Morgan fingerprint density at radius 3 is 2.84 bits per heavy atom. The van der Waals surface area contributed by atoms with Gasteiger partial charge in [0, 0.05) is 24.2 Å². The average Bonchev–Trinajstić information content (AvgIpc) is 2.81. The van der Waals surface area contributed by atoms with E-state index in [9.17, 15) is 19.7 Å². The van der Waals surface area contributed by atoms with Crippen LogP contribution in [0.1, 0.15) is 5.56 Å². The minimum absolute atomic E-state index is 0.113. The van der Waals surface area contributed by atoms with Crippen LogP contribution >= 0.6 is 24.0 Å². The monoisotopic (exact) mass is 380 g/mol. The molecule has 10 heteroatoms. The number of nitro benzene ring substituents is 1. The molecule has 0 radical (unpaired) electrons. The maximum absolute atomic E-state index is 12.3. The van der Waals surface area contributed by atoms with E-state index in [4.69, 9.17) is 22.1 Å². The standard InChI is InChI=1S/C15H12N2O6S2/c1-2-5-16-14(20)12(25-15(16)24)7-9-6-10(17(21)22)3-4-11(9)23-8-13(18)19/h2-4,6-7H,1,5,8H2,(H,18,19). The molecule has 1 aromatic rings. The molecule has 1 N–H and O–H groups in total. The molecule has 0 aromatic heterocycles. The number of carboxylic acids is 1. The Bertz CT molecular complexity index is 805. The Kier molecular flexibility index (Phi) is 5.88. The third-order valence-corrected chi connectivity index (χ3v) is 4.40. The second-order valence-corrected chi connectivity index (χ2v) is 6.42. The van der Waals surface area contributed by atoms with E-state index in [-0.39, 0.29) is 34.4 Å². The lowest BCUT2D eigenvalue weighted by molar-refractivity contribution is -0.384. The minimum atomic E-state index is -1.19. The van der Waals surface area contributed by atoms with Gasteiger partial charge >= 0.3 is 5.97 Å². The predicted molar refractivity (Wildman–Crippen MR) is 96.3 cm³/mol. The minimum Gasteiger partial charge on any atom is -0.481 e. The van der Waals surface area contributed by atoms with Crippen molar-refractivity contribution in [3.8, 4) is 5.75 Å². The third-order valence-electron chi connectivity index (χ3n) is 3.03. The number of nitro groups is 1. The van der Waals surface area contributed by atoms with Gasteiger partial charge in [0.15, 0.2) is 6.61 Å². The number of benzene rings is 1. The molecule has 0 aliphatic carbocycles. The van der Waals surface area contributed by atoms with Gasteiger partial charge in [-0.1, -0.05) is 30.1 Å². The first-order chi connectivity index (χ1) is 11.8. The topological polar surface area (TPSA) is 110 Å². The molecule has 8 nitrogen and oxygen atoms in total. The first-order valence-electron chi connectivity index (χ1n) is 6.82. The molecular formula is C15H12N2O6S2. The first-order valence-corrected chi connectivity index (χ1v) is 8.05. The molecule has 1 aliphatic heterocycles. The fraction of sp³-hybridized carbons (Fsp3) is 0.133. The third kappa shape index (κ3) is 4.43. The van der Waals surface area contributed by atoms with Crippen molar-refractivity contribution in [3.05, 3.63) is 51.4 Å². The fourth-order valence-corrected chi connectivity index (χ4v) is 3.23. The number of thioether (sulfide) groups is 1. The Morgan fingerprint density at radius 1 is 1.52 bits per heavy atom. The maximum atomic E-state index is 12.3. The van der Waals surface area contributed by atoms with E-state index in [2.05, 4.69) is 6.58 Å². The van der Waals surface area contributed by atoms with Crippen molar-refractivity contribution in [2.75, 3.05) is 13.2 Å². The largest absolute Gasteiger partial charge is 0.481 e. The van der Waals surface area contributed by atoms with Gasteiger partial charge in [-0.15, -0.1) is 6.58 Å². The Labute approximate surface area is 151 Å². The van der Waals surface area contributed by atoms with Crippen molar-refractivity contribution >= 4 is 51.9 Å². The lowest BCUT2D eigenvalue weighted by Crippen LogP contribution is -2.27. The van der Waals surface area contributed by atoms with E-state index in [0.29, 0.717) is 4.32 Å². The highest BCUT2D eigenvalue weighted by molar-refractivity contribution is 8.26. The first kappa shape index (κ1) is 18.6. The quantitative estimate of drug-likeness (QED) is 0.252. The summed E-state index contributed by atoms with van der Waals surface area (Å²) in [7, 11) is 0. The van der Waals surface area contributed by atoms with E-state index in [1.54, 1.807) is 0 Å². The molecule has 0 saturated carbocycles. The maximum Gasteiger partial charge on any atom is 0.341 e. The van der Waals surface area contributed by atoms with Crippen LogP contribution in [0, 0.1) is 10.1 Å². The van der Waals surface area contributed by atoms with Crippen LogP contribution in [-0.2, 0) is 9.59 Å².